The molecule has 2 N–H and O–H groups in total. The zero-order chi connectivity index (χ0) is 15.9. The maximum Gasteiger partial charge on any atom is 0.250 e. The van der Waals surface area contributed by atoms with Crippen LogP contribution in [0.25, 0.3) is 0 Å². The lowest BCUT2D eigenvalue weighted by molar-refractivity contribution is 0.580. The molecule has 0 bridgehead atoms. The number of sulfonamides is 1. The second kappa shape index (κ2) is 9.15. The lowest BCUT2D eigenvalue weighted by Gasteiger charge is -2.06. The van der Waals surface area contributed by atoms with Crippen LogP contribution >= 0.6 is 23.1 Å². The Morgan fingerprint density at radius 2 is 2.05 bits per heavy atom. The number of hydrogen-bond donors (Lipinski definition) is 2. The molecule has 4 nitrogen and oxygen atoms in total. The molecule has 0 aliphatic carbocycles. The Balaban J connectivity index is 2.60. The van der Waals surface area contributed by atoms with Crippen LogP contribution in [-0.2, 0) is 16.6 Å². The third-order valence-electron chi connectivity index (χ3n) is 3.00. The maximum absolute atomic E-state index is 12.2. The van der Waals surface area contributed by atoms with Crippen molar-refractivity contribution in [2.45, 2.75) is 50.4 Å². The average molecular weight is 351 g/mol. The van der Waals surface area contributed by atoms with Crippen LogP contribution in [0.5, 0.6) is 0 Å². The largest absolute Gasteiger partial charge is 0.310 e. The molecule has 21 heavy (non-hydrogen) atoms. The van der Waals surface area contributed by atoms with E-state index in [2.05, 4.69) is 30.1 Å². The van der Waals surface area contributed by atoms with Gasteiger partial charge in [-0.1, -0.05) is 13.8 Å². The number of unbranched alkanes of at least 4 members (excludes halogenated alkanes) is 1. The quantitative estimate of drug-likeness (QED) is 0.637. The summed E-state index contributed by atoms with van der Waals surface area (Å²) >= 11 is 3.15. The van der Waals surface area contributed by atoms with Gasteiger partial charge in [0.25, 0.3) is 0 Å². The molecule has 0 atom stereocenters. The second-order valence-corrected chi connectivity index (χ2v) is 9.42. The lowest BCUT2D eigenvalue weighted by Crippen LogP contribution is -2.24. The third-order valence-corrected chi connectivity index (χ3v) is 6.87. The predicted octanol–water partition coefficient (Wildman–Crippen LogP) is 2.98. The van der Waals surface area contributed by atoms with Crippen molar-refractivity contribution in [2.24, 2.45) is 0 Å². The average Bonchev–Trinajstić information content (AvgIpc) is 2.78. The molecular formula is C14H26N2O2S3. The molecule has 0 spiro atoms. The number of rotatable bonds is 10. The van der Waals surface area contributed by atoms with E-state index in [1.807, 2.05) is 6.92 Å². The smallest absolute Gasteiger partial charge is 0.250 e. The molecule has 0 aliphatic rings. The van der Waals surface area contributed by atoms with E-state index in [1.165, 1.54) is 11.3 Å². The molecule has 0 unspecified atom stereocenters. The Labute approximate surface area is 137 Å². The highest BCUT2D eigenvalue weighted by Gasteiger charge is 2.18. The molecule has 0 aromatic carbocycles. The van der Waals surface area contributed by atoms with Gasteiger partial charge in [0.2, 0.25) is 10.0 Å². The first kappa shape index (κ1) is 19.0. The van der Waals surface area contributed by atoms with Crippen molar-refractivity contribution < 1.29 is 8.42 Å². The summed E-state index contributed by atoms with van der Waals surface area (Å²) in [4.78, 5) is 1.09. The van der Waals surface area contributed by atoms with Gasteiger partial charge in [0.15, 0.2) is 0 Å². The SMILES string of the molecule is CSCCCCNS(=O)(=O)c1cc(C)c(CNC(C)C)s1. The number of thiophene rings is 1. The maximum atomic E-state index is 12.2. The molecule has 0 fully saturated rings. The summed E-state index contributed by atoms with van der Waals surface area (Å²) in [5, 5.41) is 3.33. The van der Waals surface area contributed by atoms with Gasteiger partial charge in [-0.05, 0) is 43.4 Å². The molecule has 1 aromatic rings. The van der Waals surface area contributed by atoms with Crippen LogP contribution < -0.4 is 10.0 Å². The summed E-state index contributed by atoms with van der Waals surface area (Å²) in [5.74, 6) is 1.07. The summed E-state index contributed by atoms with van der Waals surface area (Å²) in [5.41, 5.74) is 1.04. The van der Waals surface area contributed by atoms with Crippen molar-refractivity contribution in [2.75, 3.05) is 18.6 Å². The third kappa shape index (κ3) is 6.69. The van der Waals surface area contributed by atoms with Crippen LogP contribution in [0.4, 0.5) is 0 Å². The molecule has 7 heteroatoms. The summed E-state index contributed by atoms with van der Waals surface area (Å²) in [7, 11) is -3.35. The predicted molar refractivity (Wildman–Crippen MR) is 93.8 cm³/mol. The first-order valence-electron chi connectivity index (χ1n) is 7.18. The fourth-order valence-electron chi connectivity index (χ4n) is 1.74. The van der Waals surface area contributed by atoms with E-state index in [-0.39, 0.29) is 0 Å². The molecule has 1 heterocycles. The minimum Gasteiger partial charge on any atom is -0.310 e. The molecule has 0 saturated carbocycles. The zero-order valence-corrected chi connectivity index (χ0v) is 15.7. The van der Waals surface area contributed by atoms with Gasteiger partial charge in [-0.25, -0.2) is 13.1 Å². The van der Waals surface area contributed by atoms with Gasteiger partial charge in [-0.2, -0.15) is 11.8 Å². The van der Waals surface area contributed by atoms with Crippen molar-refractivity contribution in [1.82, 2.24) is 10.0 Å². The molecule has 0 saturated heterocycles. The normalized spacial score (nSPS) is 12.2. The van der Waals surface area contributed by atoms with Crippen LogP contribution in [0.3, 0.4) is 0 Å². The van der Waals surface area contributed by atoms with Crippen molar-refractivity contribution >= 4 is 33.1 Å². The van der Waals surface area contributed by atoms with Crippen LogP contribution in [0, 0.1) is 6.92 Å². The first-order chi connectivity index (χ1) is 9.86. The fraction of sp³-hybridized carbons (Fsp3) is 0.714. The van der Waals surface area contributed by atoms with Crippen molar-refractivity contribution in [3.05, 3.63) is 16.5 Å². The van der Waals surface area contributed by atoms with Gasteiger partial charge in [-0.3, -0.25) is 0 Å². The van der Waals surface area contributed by atoms with E-state index >= 15 is 0 Å². The topological polar surface area (TPSA) is 58.2 Å². The molecule has 122 valence electrons. The number of thioether (sulfide) groups is 1. The van der Waals surface area contributed by atoms with Crippen molar-refractivity contribution in [1.29, 1.82) is 0 Å². The molecule has 0 amide bonds. The Bertz CT molecular complexity index is 524. The Hall–Kier alpha value is -0.0800. The molecule has 0 radical (unpaired) electrons. The highest BCUT2D eigenvalue weighted by atomic mass is 32.2. The summed E-state index contributed by atoms with van der Waals surface area (Å²) in [6.07, 6.45) is 3.98. The number of nitrogens with one attached hydrogen (secondary N) is 2. The van der Waals surface area contributed by atoms with Crippen LogP contribution in [0.1, 0.15) is 37.1 Å². The van der Waals surface area contributed by atoms with Crippen molar-refractivity contribution in [3.63, 3.8) is 0 Å². The van der Waals surface area contributed by atoms with E-state index in [0.717, 1.165) is 35.6 Å². The summed E-state index contributed by atoms with van der Waals surface area (Å²) in [6, 6.07) is 2.16. The van der Waals surface area contributed by atoms with E-state index < -0.39 is 10.0 Å². The molecule has 1 aromatic heterocycles. The summed E-state index contributed by atoms with van der Waals surface area (Å²) < 4.78 is 27.6. The van der Waals surface area contributed by atoms with Gasteiger partial charge in [0.1, 0.15) is 4.21 Å². The highest BCUT2D eigenvalue weighted by molar-refractivity contribution is 7.98. The number of hydrogen-bond acceptors (Lipinski definition) is 5. The van der Waals surface area contributed by atoms with Gasteiger partial charge in [0, 0.05) is 24.0 Å². The van der Waals surface area contributed by atoms with Crippen LogP contribution in [-0.4, -0.2) is 33.0 Å². The van der Waals surface area contributed by atoms with E-state index in [9.17, 15) is 8.42 Å². The molecular weight excluding hydrogens is 324 g/mol. The lowest BCUT2D eigenvalue weighted by atomic mass is 10.3. The molecule has 1 rings (SSSR count). The van der Waals surface area contributed by atoms with Gasteiger partial charge < -0.3 is 5.32 Å². The first-order valence-corrected chi connectivity index (χ1v) is 10.9. The van der Waals surface area contributed by atoms with E-state index in [1.54, 1.807) is 17.8 Å². The highest BCUT2D eigenvalue weighted by Crippen LogP contribution is 2.25. The second-order valence-electron chi connectivity index (χ2n) is 5.30. The van der Waals surface area contributed by atoms with Crippen molar-refractivity contribution in [3.8, 4) is 0 Å². The van der Waals surface area contributed by atoms with E-state index in [4.69, 9.17) is 0 Å². The summed E-state index contributed by atoms with van der Waals surface area (Å²) in [6.45, 7) is 7.36. The fourth-order valence-corrected chi connectivity index (χ4v) is 4.89. The van der Waals surface area contributed by atoms with E-state index in [0.29, 0.717) is 16.8 Å². The minimum atomic E-state index is -3.35. The Morgan fingerprint density at radius 3 is 2.67 bits per heavy atom. The van der Waals surface area contributed by atoms with Gasteiger partial charge in [-0.15, -0.1) is 11.3 Å². The van der Waals surface area contributed by atoms with Crippen LogP contribution in [0.2, 0.25) is 0 Å². The van der Waals surface area contributed by atoms with Gasteiger partial charge in [0.05, 0.1) is 0 Å². The molecule has 0 aliphatic heterocycles. The Morgan fingerprint density at radius 1 is 1.33 bits per heavy atom. The van der Waals surface area contributed by atoms with Crippen LogP contribution in [0.15, 0.2) is 10.3 Å². The Kier molecular flexibility index (Phi) is 8.26. The zero-order valence-electron chi connectivity index (χ0n) is 13.2. The monoisotopic (exact) mass is 350 g/mol. The number of aryl methyl sites for hydroxylation is 1. The van der Waals surface area contributed by atoms with Gasteiger partial charge >= 0.3 is 0 Å². The standard InChI is InChI=1S/C14H26N2O2S3/c1-11(2)15-10-13-12(3)9-14(20-13)21(17,18)16-7-5-6-8-19-4/h9,11,15-16H,5-8,10H2,1-4H3. The minimum absolute atomic E-state index is 0.390.